The molecule has 0 aliphatic rings. The quantitative estimate of drug-likeness (QED) is 0.654. The summed E-state index contributed by atoms with van der Waals surface area (Å²) in [6, 6.07) is 0. The molecule has 120 valence electrons. The van der Waals surface area contributed by atoms with Gasteiger partial charge in [-0.15, -0.1) is 0 Å². The van der Waals surface area contributed by atoms with Gasteiger partial charge in [0.05, 0.1) is 6.42 Å². The van der Waals surface area contributed by atoms with Crippen molar-refractivity contribution < 1.29 is 27.1 Å². The second-order valence-corrected chi connectivity index (χ2v) is 5.02. The fourth-order valence-corrected chi connectivity index (χ4v) is 1.51. The molecule has 0 N–H and O–H groups in total. The van der Waals surface area contributed by atoms with Gasteiger partial charge in [0.1, 0.15) is 25.4 Å². The van der Waals surface area contributed by atoms with Crippen LogP contribution in [0, 0.1) is 5.92 Å². The molecule has 9 heteroatoms. The van der Waals surface area contributed by atoms with Gasteiger partial charge in [0, 0.05) is 6.54 Å². The van der Waals surface area contributed by atoms with Crippen molar-refractivity contribution in [3.63, 3.8) is 0 Å². The molecule has 0 atom stereocenters. The highest BCUT2D eigenvalue weighted by molar-refractivity contribution is 5.81. The molecular weight excluding hydrogens is 294 g/mol. The van der Waals surface area contributed by atoms with E-state index in [1.807, 2.05) is 13.8 Å². The van der Waals surface area contributed by atoms with Gasteiger partial charge in [-0.1, -0.05) is 13.8 Å². The van der Waals surface area contributed by atoms with E-state index in [2.05, 4.69) is 14.8 Å². The summed E-state index contributed by atoms with van der Waals surface area (Å²) in [6.45, 7) is 2.32. The van der Waals surface area contributed by atoms with Gasteiger partial charge in [-0.05, 0) is 5.92 Å². The molecule has 1 aromatic heterocycles. The summed E-state index contributed by atoms with van der Waals surface area (Å²) < 4.78 is 54.8. The van der Waals surface area contributed by atoms with E-state index in [9.17, 15) is 22.4 Å². The third-order valence-electron chi connectivity index (χ3n) is 2.47. The number of hydrogen-bond acceptors (Lipinski definition) is 4. The van der Waals surface area contributed by atoms with Crippen LogP contribution in [0.25, 0.3) is 0 Å². The zero-order valence-electron chi connectivity index (χ0n) is 11.7. The number of nitrogens with zero attached hydrogens (tertiary/aromatic N) is 3. The number of rotatable bonds is 9. The topological polar surface area (TPSA) is 57.0 Å². The van der Waals surface area contributed by atoms with Crippen molar-refractivity contribution in [3.8, 4) is 0 Å². The van der Waals surface area contributed by atoms with Crippen molar-refractivity contribution in [2.24, 2.45) is 5.92 Å². The van der Waals surface area contributed by atoms with E-state index < -0.39 is 31.3 Å². The Morgan fingerprint density at radius 3 is 2.67 bits per heavy atom. The van der Waals surface area contributed by atoms with Gasteiger partial charge < -0.3 is 4.74 Å². The predicted octanol–water partition coefficient (Wildman–Crippen LogP) is 1.96. The van der Waals surface area contributed by atoms with E-state index >= 15 is 0 Å². The molecule has 0 unspecified atom stereocenters. The maximum absolute atomic E-state index is 12.6. The second-order valence-electron chi connectivity index (χ2n) is 5.02. The standard InChI is InChI=1S/C12H17F4N3O2/c1-8(2)4-19-10(17-7-18-19)3-9(20)5-21-6-12(15,16)11(13)14/h7-8,11H,3-6H2,1-2H3. The highest BCUT2D eigenvalue weighted by Gasteiger charge is 2.41. The van der Waals surface area contributed by atoms with Crippen LogP contribution in [0.4, 0.5) is 17.6 Å². The summed E-state index contributed by atoms with van der Waals surface area (Å²) in [4.78, 5) is 15.5. The molecule has 1 rings (SSSR count). The number of ketones is 1. The Bertz CT molecular complexity index is 463. The molecule has 21 heavy (non-hydrogen) atoms. The summed E-state index contributed by atoms with van der Waals surface area (Å²) in [6.07, 6.45) is -2.68. The lowest BCUT2D eigenvalue weighted by molar-refractivity contribution is -0.168. The molecule has 0 fully saturated rings. The van der Waals surface area contributed by atoms with E-state index in [1.54, 1.807) is 0 Å². The van der Waals surface area contributed by atoms with Crippen LogP contribution in [0.1, 0.15) is 19.7 Å². The van der Waals surface area contributed by atoms with Crippen LogP contribution in [0.2, 0.25) is 0 Å². The summed E-state index contributed by atoms with van der Waals surface area (Å²) in [5, 5.41) is 3.95. The lowest BCUT2D eigenvalue weighted by atomic mass is 10.2. The van der Waals surface area contributed by atoms with Crippen molar-refractivity contribution in [3.05, 3.63) is 12.2 Å². The van der Waals surface area contributed by atoms with E-state index in [1.165, 1.54) is 11.0 Å². The first-order chi connectivity index (χ1) is 9.72. The summed E-state index contributed by atoms with van der Waals surface area (Å²) in [7, 11) is 0. The highest BCUT2D eigenvalue weighted by atomic mass is 19.3. The minimum absolute atomic E-state index is 0.146. The van der Waals surface area contributed by atoms with Crippen LogP contribution < -0.4 is 0 Å². The van der Waals surface area contributed by atoms with Crippen molar-refractivity contribution >= 4 is 5.78 Å². The fourth-order valence-electron chi connectivity index (χ4n) is 1.51. The normalized spacial score (nSPS) is 12.4. The van der Waals surface area contributed by atoms with E-state index in [-0.39, 0.29) is 6.42 Å². The summed E-state index contributed by atoms with van der Waals surface area (Å²) >= 11 is 0. The molecule has 0 saturated carbocycles. The Hall–Kier alpha value is -1.51. The molecule has 0 amide bonds. The zero-order chi connectivity index (χ0) is 16.0. The van der Waals surface area contributed by atoms with Crippen LogP contribution in [0.5, 0.6) is 0 Å². The number of aromatic nitrogens is 3. The first-order valence-corrected chi connectivity index (χ1v) is 6.34. The molecule has 1 aromatic rings. The third kappa shape index (κ3) is 5.78. The lowest BCUT2D eigenvalue weighted by Crippen LogP contribution is -2.33. The first-order valence-electron chi connectivity index (χ1n) is 6.34. The maximum Gasteiger partial charge on any atom is 0.330 e. The minimum atomic E-state index is -4.25. The van der Waals surface area contributed by atoms with Gasteiger partial charge in [-0.2, -0.15) is 13.9 Å². The zero-order valence-corrected chi connectivity index (χ0v) is 11.7. The predicted molar refractivity (Wildman–Crippen MR) is 65.3 cm³/mol. The molecule has 0 aliphatic heterocycles. The molecule has 0 saturated heterocycles. The van der Waals surface area contributed by atoms with Gasteiger partial charge in [0.25, 0.3) is 0 Å². The Balaban J connectivity index is 2.43. The first kappa shape index (κ1) is 17.5. The SMILES string of the molecule is CC(C)Cn1ncnc1CC(=O)COCC(F)(F)C(F)F. The molecular formula is C12H17F4N3O2. The Labute approximate surface area is 119 Å². The second kappa shape index (κ2) is 7.48. The van der Waals surface area contributed by atoms with E-state index in [4.69, 9.17) is 0 Å². The van der Waals surface area contributed by atoms with E-state index in [0.29, 0.717) is 18.3 Å². The largest absolute Gasteiger partial charge is 0.367 e. The molecule has 0 spiro atoms. The van der Waals surface area contributed by atoms with Crippen LogP contribution in [0.3, 0.4) is 0 Å². The van der Waals surface area contributed by atoms with Crippen LogP contribution in [-0.4, -0.2) is 46.1 Å². The number of halogens is 4. The molecule has 0 bridgehead atoms. The monoisotopic (exact) mass is 311 g/mol. The average molecular weight is 311 g/mol. The van der Waals surface area contributed by atoms with Gasteiger partial charge in [-0.25, -0.2) is 18.4 Å². The Kier molecular flexibility index (Phi) is 6.25. The maximum atomic E-state index is 12.6. The molecule has 0 radical (unpaired) electrons. The van der Waals surface area contributed by atoms with Gasteiger partial charge in [0.2, 0.25) is 0 Å². The lowest BCUT2D eigenvalue weighted by Gasteiger charge is -2.14. The Morgan fingerprint density at radius 1 is 1.43 bits per heavy atom. The number of carbonyl (C=O) groups excluding carboxylic acids is 1. The molecule has 5 nitrogen and oxygen atoms in total. The van der Waals surface area contributed by atoms with Crippen LogP contribution in [0.15, 0.2) is 6.33 Å². The number of hydrogen-bond donors (Lipinski definition) is 0. The molecule has 0 aromatic carbocycles. The van der Waals surface area contributed by atoms with Crippen LogP contribution >= 0.6 is 0 Å². The summed E-state index contributed by atoms with van der Waals surface area (Å²) in [5.41, 5.74) is 0. The average Bonchev–Trinajstić information content (AvgIpc) is 2.75. The number of carbonyl (C=O) groups is 1. The van der Waals surface area contributed by atoms with Crippen molar-refractivity contribution in [1.29, 1.82) is 0 Å². The summed E-state index contributed by atoms with van der Waals surface area (Å²) in [5.74, 6) is -4.10. The highest BCUT2D eigenvalue weighted by Crippen LogP contribution is 2.22. The molecule has 0 aliphatic carbocycles. The van der Waals surface area contributed by atoms with Crippen molar-refractivity contribution in [1.82, 2.24) is 14.8 Å². The van der Waals surface area contributed by atoms with Gasteiger partial charge in [0.15, 0.2) is 5.78 Å². The fraction of sp³-hybridized carbons (Fsp3) is 0.750. The minimum Gasteiger partial charge on any atom is -0.367 e. The third-order valence-corrected chi connectivity index (χ3v) is 2.47. The number of ether oxygens (including phenoxy) is 1. The Morgan fingerprint density at radius 2 is 2.10 bits per heavy atom. The molecule has 1 heterocycles. The smallest absolute Gasteiger partial charge is 0.330 e. The van der Waals surface area contributed by atoms with Gasteiger partial charge >= 0.3 is 12.3 Å². The van der Waals surface area contributed by atoms with Crippen LogP contribution in [-0.2, 0) is 22.5 Å². The van der Waals surface area contributed by atoms with E-state index in [0.717, 1.165) is 0 Å². The van der Waals surface area contributed by atoms with Crippen molar-refractivity contribution in [2.75, 3.05) is 13.2 Å². The van der Waals surface area contributed by atoms with Crippen molar-refractivity contribution in [2.45, 2.75) is 39.2 Å². The van der Waals surface area contributed by atoms with Gasteiger partial charge in [-0.3, -0.25) is 4.79 Å². The number of Topliss-reactive ketones (excluding diaryl/α,β-unsaturated/α-hetero) is 1. The number of alkyl halides is 4.